The van der Waals surface area contributed by atoms with E-state index in [4.69, 9.17) is 16.3 Å². The number of nitrogens with one attached hydrogen (secondary N) is 2. The number of carbonyl (C=O) groups is 2. The lowest BCUT2D eigenvalue weighted by molar-refractivity contribution is -0.126. The number of hydrogen-bond donors (Lipinski definition) is 2. The van der Waals surface area contributed by atoms with Crippen LogP contribution in [0.1, 0.15) is 23.1 Å². The molecule has 2 aromatic carbocycles. The minimum Gasteiger partial charge on any atom is -0.495 e. The molecule has 29 heavy (non-hydrogen) atoms. The molecule has 4 rings (SSSR count). The van der Waals surface area contributed by atoms with E-state index in [0.717, 1.165) is 18.7 Å². The second kappa shape index (κ2) is 9.03. The van der Waals surface area contributed by atoms with Crippen LogP contribution in [0.3, 0.4) is 0 Å². The van der Waals surface area contributed by atoms with E-state index < -0.39 is 5.92 Å². The van der Waals surface area contributed by atoms with Crippen molar-refractivity contribution < 1.29 is 14.3 Å². The van der Waals surface area contributed by atoms with Crippen molar-refractivity contribution in [1.82, 2.24) is 10.6 Å². The molecule has 1 fully saturated rings. The van der Waals surface area contributed by atoms with Crippen molar-refractivity contribution in [2.24, 2.45) is 5.92 Å². The van der Waals surface area contributed by atoms with Crippen LogP contribution in [-0.2, 0) is 29.2 Å². The average molecular weight is 436 g/mol. The van der Waals surface area contributed by atoms with E-state index in [2.05, 4.69) is 22.8 Å². The molecule has 2 amide bonds. The molecule has 0 bridgehead atoms. The van der Waals surface area contributed by atoms with Crippen LogP contribution >= 0.6 is 24.0 Å². The number of fused-ring (bicyclic) bond motifs is 1. The zero-order chi connectivity index (χ0) is 19.7. The topological polar surface area (TPSA) is 70.7 Å². The number of benzene rings is 2. The summed E-state index contributed by atoms with van der Waals surface area (Å²) >= 11 is 6.08. The van der Waals surface area contributed by atoms with E-state index in [-0.39, 0.29) is 30.6 Å². The van der Waals surface area contributed by atoms with Gasteiger partial charge in [-0.1, -0.05) is 29.8 Å². The number of nitrogens with zero attached hydrogens (tertiary/aromatic N) is 1. The summed E-state index contributed by atoms with van der Waals surface area (Å²) in [6.07, 6.45) is 0.176. The molecule has 2 aromatic rings. The van der Waals surface area contributed by atoms with Gasteiger partial charge in [0.2, 0.25) is 11.8 Å². The van der Waals surface area contributed by atoms with Crippen molar-refractivity contribution in [1.29, 1.82) is 0 Å². The first-order chi connectivity index (χ1) is 13.5. The average Bonchev–Trinajstić information content (AvgIpc) is 3.32. The van der Waals surface area contributed by atoms with E-state index in [9.17, 15) is 9.59 Å². The van der Waals surface area contributed by atoms with Gasteiger partial charge in [0.15, 0.2) is 0 Å². The van der Waals surface area contributed by atoms with Crippen molar-refractivity contribution >= 4 is 41.5 Å². The molecule has 8 heteroatoms. The first-order valence-corrected chi connectivity index (χ1v) is 9.66. The number of ether oxygens (including phenoxy) is 1. The van der Waals surface area contributed by atoms with Gasteiger partial charge >= 0.3 is 0 Å². The maximum absolute atomic E-state index is 12.6. The van der Waals surface area contributed by atoms with Crippen molar-refractivity contribution in [3.05, 3.63) is 58.1 Å². The predicted molar refractivity (Wildman–Crippen MR) is 115 cm³/mol. The number of carbonyl (C=O) groups excluding carboxylic acids is 2. The van der Waals surface area contributed by atoms with E-state index in [1.807, 2.05) is 6.07 Å². The quantitative estimate of drug-likeness (QED) is 0.756. The molecule has 1 saturated heterocycles. The molecule has 0 aromatic heterocycles. The summed E-state index contributed by atoms with van der Waals surface area (Å²) in [5, 5.41) is 6.80. The lowest BCUT2D eigenvalue weighted by atomic mass is 10.1. The fraction of sp³-hybridized carbons (Fsp3) is 0.333. The summed E-state index contributed by atoms with van der Waals surface area (Å²) in [6.45, 7) is 2.53. The van der Waals surface area contributed by atoms with Crippen LogP contribution in [0.2, 0.25) is 5.02 Å². The Balaban J connectivity index is 0.00000240. The van der Waals surface area contributed by atoms with Crippen LogP contribution in [0.25, 0.3) is 0 Å². The summed E-state index contributed by atoms with van der Waals surface area (Å²) in [7, 11) is 1.55. The molecule has 154 valence electrons. The van der Waals surface area contributed by atoms with Crippen LogP contribution in [0, 0.1) is 5.92 Å². The Hall–Kier alpha value is -2.28. The number of rotatable bonds is 5. The molecular weight excluding hydrogens is 413 g/mol. The lowest BCUT2D eigenvalue weighted by Crippen LogP contribution is -2.32. The molecular formula is C21H23Cl2N3O3. The van der Waals surface area contributed by atoms with Gasteiger partial charge in [-0.25, -0.2) is 0 Å². The monoisotopic (exact) mass is 435 g/mol. The van der Waals surface area contributed by atoms with Gasteiger partial charge in [0.25, 0.3) is 0 Å². The summed E-state index contributed by atoms with van der Waals surface area (Å²) in [5.41, 5.74) is 4.25. The van der Waals surface area contributed by atoms with Crippen molar-refractivity contribution in [2.45, 2.75) is 26.1 Å². The highest BCUT2D eigenvalue weighted by Crippen LogP contribution is 2.35. The van der Waals surface area contributed by atoms with E-state index in [0.29, 0.717) is 29.5 Å². The minimum absolute atomic E-state index is 0. The molecule has 2 N–H and O–H groups in total. The zero-order valence-corrected chi connectivity index (χ0v) is 17.6. The normalized spacial score (nSPS) is 17.7. The summed E-state index contributed by atoms with van der Waals surface area (Å²) in [6, 6.07) is 11.4. The van der Waals surface area contributed by atoms with Crippen molar-refractivity contribution in [2.75, 3.05) is 18.6 Å². The van der Waals surface area contributed by atoms with Gasteiger partial charge in [0.1, 0.15) is 5.75 Å². The highest BCUT2D eigenvalue weighted by Gasteiger charge is 2.36. The Bertz CT molecular complexity index is 935. The van der Waals surface area contributed by atoms with Gasteiger partial charge in [-0.3, -0.25) is 9.59 Å². The van der Waals surface area contributed by atoms with Gasteiger partial charge < -0.3 is 20.3 Å². The fourth-order valence-corrected chi connectivity index (χ4v) is 3.95. The first-order valence-electron chi connectivity index (χ1n) is 9.28. The summed E-state index contributed by atoms with van der Waals surface area (Å²) in [4.78, 5) is 26.7. The number of hydrogen-bond acceptors (Lipinski definition) is 4. The van der Waals surface area contributed by atoms with Crippen LogP contribution in [0.5, 0.6) is 5.75 Å². The van der Waals surface area contributed by atoms with Crippen LogP contribution in [0.15, 0.2) is 36.4 Å². The lowest BCUT2D eigenvalue weighted by Gasteiger charge is -2.20. The van der Waals surface area contributed by atoms with Crippen molar-refractivity contribution in [3.8, 4) is 5.75 Å². The van der Waals surface area contributed by atoms with Crippen LogP contribution < -0.4 is 20.3 Å². The summed E-state index contributed by atoms with van der Waals surface area (Å²) in [5.74, 6) is -0.0577. The molecule has 2 heterocycles. The van der Waals surface area contributed by atoms with Gasteiger partial charge in [-0.05, 0) is 34.9 Å². The second-order valence-corrected chi connectivity index (χ2v) is 7.58. The van der Waals surface area contributed by atoms with Crippen molar-refractivity contribution in [3.63, 3.8) is 0 Å². The molecule has 1 atom stereocenters. The van der Waals surface area contributed by atoms with Gasteiger partial charge in [-0.2, -0.15) is 0 Å². The molecule has 0 saturated carbocycles. The van der Waals surface area contributed by atoms with E-state index in [1.54, 1.807) is 30.2 Å². The first kappa shape index (κ1) is 21.4. The minimum atomic E-state index is -0.396. The maximum atomic E-state index is 12.6. The molecule has 0 aliphatic carbocycles. The Labute approximate surface area is 181 Å². The third-order valence-corrected chi connectivity index (χ3v) is 5.53. The van der Waals surface area contributed by atoms with E-state index in [1.165, 1.54) is 11.1 Å². The summed E-state index contributed by atoms with van der Waals surface area (Å²) < 4.78 is 5.34. The Morgan fingerprint density at radius 1 is 1.24 bits per heavy atom. The van der Waals surface area contributed by atoms with Gasteiger partial charge in [-0.15, -0.1) is 12.4 Å². The third-order valence-electron chi connectivity index (χ3n) is 5.30. The number of methoxy groups -OCH3 is 1. The largest absolute Gasteiger partial charge is 0.495 e. The van der Waals surface area contributed by atoms with Crippen LogP contribution in [-0.4, -0.2) is 25.5 Å². The third kappa shape index (κ3) is 4.50. The van der Waals surface area contributed by atoms with Gasteiger partial charge in [0, 0.05) is 37.6 Å². The molecule has 2 aliphatic heterocycles. The highest BCUT2D eigenvalue weighted by atomic mass is 35.5. The fourth-order valence-electron chi connectivity index (χ4n) is 3.78. The van der Waals surface area contributed by atoms with Gasteiger partial charge in [0.05, 0.1) is 18.7 Å². The smallest absolute Gasteiger partial charge is 0.227 e. The molecule has 0 radical (unpaired) electrons. The molecule has 6 nitrogen and oxygen atoms in total. The number of anilines is 1. The zero-order valence-electron chi connectivity index (χ0n) is 16.0. The van der Waals surface area contributed by atoms with Crippen LogP contribution in [0.4, 0.5) is 5.69 Å². The maximum Gasteiger partial charge on any atom is 0.227 e. The number of amides is 2. The van der Waals surface area contributed by atoms with E-state index >= 15 is 0 Å². The predicted octanol–water partition coefficient (Wildman–Crippen LogP) is 3.04. The number of halogens is 2. The Morgan fingerprint density at radius 3 is 2.83 bits per heavy atom. The SMILES string of the molecule is COc1ccc(Cl)cc1N1CC(C(=O)NCc2ccc3c(c2)CNC3)CC1=O.Cl. The molecule has 1 unspecified atom stereocenters. The Kier molecular flexibility index (Phi) is 6.67. The molecule has 0 spiro atoms. The highest BCUT2D eigenvalue weighted by molar-refractivity contribution is 6.31. The second-order valence-electron chi connectivity index (χ2n) is 7.15. The Morgan fingerprint density at radius 2 is 2.03 bits per heavy atom. The standard InChI is InChI=1S/C21H22ClN3O3.ClH/c1-28-19-5-4-17(22)8-18(19)25-12-16(7-20(25)26)21(27)24-9-13-2-3-14-10-23-11-15(14)6-13;/h2-6,8,16,23H,7,9-12H2,1H3,(H,24,27);1H. The molecule has 2 aliphatic rings.